The third-order valence-corrected chi connectivity index (χ3v) is 3.93. The number of piperidine rings is 1. The van der Waals surface area contributed by atoms with Crippen molar-refractivity contribution in [3.8, 4) is 0 Å². The molecule has 8 heteroatoms. The van der Waals surface area contributed by atoms with Gasteiger partial charge in [0.25, 0.3) is 5.91 Å². The van der Waals surface area contributed by atoms with E-state index in [0.717, 1.165) is 24.9 Å². The largest absolute Gasteiger partial charge is 0.337 e. The lowest BCUT2D eigenvalue weighted by Crippen LogP contribution is -2.34. The van der Waals surface area contributed by atoms with E-state index in [-0.39, 0.29) is 18.4 Å². The number of rotatable bonds is 7. The van der Waals surface area contributed by atoms with Crippen LogP contribution in [0.25, 0.3) is 0 Å². The number of nitrogens with one attached hydrogen (secondary N) is 1. The average molecular weight is 343 g/mol. The number of amides is 2. The average Bonchev–Trinajstić information content (AvgIpc) is 3.05. The van der Waals surface area contributed by atoms with Crippen LogP contribution in [0.15, 0.2) is 36.5 Å². The number of benzene rings is 1. The predicted molar refractivity (Wildman–Crippen MR) is 88.7 cm³/mol. The van der Waals surface area contributed by atoms with Crippen LogP contribution in [0.1, 0.15) is 30.5 Å². The van der Waals surface area contributed by atoms with E-state index < -0.39 is 0 Å². The van der Waals surface area contributed by atoms with Gasteiger partial charge in [-0.05, 0) is 18.4 Å². The Labute approximate surface area is 145 Å². The molecule has 2 amide bonds. The monoisotopic (exact) mass is 343 g/mol. The summed E-state index contributed by atoms with van der Waals surface area (Å²) in [5, 5.41) is 7.95. The molecule has 0 spiro atoms. The van der Waals surface area contributed by atoms with Crippen molar-refractivity contribution in [2.45, 2.75) is 39.0 Å². The lowest BCUT2D eigenvalue weighted by molar-refractivity contribution is -0.135. The molecule has 0 radical (unpaired) electrons. The first-order valence-electron chi connectivity index (χ1n) is 8.32. The van der Waals surface area contributed by atoms with Crippen molar-refractivity contribution in [1.29, 1.82) is 0 Å². The number of nitrogens with zero attached hydrogens (tertiary/aromatic N) is 4. The van der Waals surface area contributed by atoms with E-state index >= 15 is 0 Å². The summed E-state index contributed by atoms with van der Waals surface area (Å²) in [5.74, 6) is -0.172. The van der Waals surface area contributed by atoms with E-state index in [2.05, 4.69) is 15.8 Å². The molecule has 1 aliphatic heterocycles. The van der Waals surface area contributed by atoms with Crippen molar-refractivity contribution in [3.05, 3.63) is 47.8 Å². The second-order valence-corrected chi connectivity index (χ2v) is 5.98. The standard InChI is InChI=1S/C17H21N5O3/c23-16(19-25-13-14-6-2-1-3-7-14)12-22-11-15(18-20-22)10-21-9-5-4-8-17(21)24/h1-3,6-7,11H,4-5,8-10,12-13H2,(H,19,23). The molecule has 0 aliphatic carbocycles. The zero-order chi connectivity index (χ0) is 17.5. The molecule has 25 heavy (non-hydrogen) atoms. The highest BCUT2D eigenvalue weighted by Crippen LogP contribution is 2.13. The summed E-state index contributed by atoms with van der Waals surface area (Å²) in [6.07, 6.45) is 4.24. The van der Waals surface area contributed by atoms with Crippen molar-refractivity contribution in [2.75, 3.05) is 6.54 Å². The fraction of sp³-hybridized carbons (Fsp3) is 0.412. The Hall–Kier alpha value is -2.74. The lowest BCUT2D eigenvalue weighted by atomic mass is 10.1. The molecule has 1 aliphatic rings. The molecule has 1 N–H and O–H groups in total. The van der Waals surface area contributed by atoms with E-state index in [1.165, 1.54) is 4.68 Å². The van der Waals surface area contributed by atoms with Crippen molar-refractivity contribution in [2.24, 2.45) is 0 Å². The molecule has 1 aromatic heterocycles. The lowest BCUT2D eigenvalue weighted by Gasteiger charge is -2.25. The maximum absolute atomic E-state index is 11.9. The number of hydrogen-bond acceptors (Lipinski definition) is 5. The summed E-state index contributed by atoms with van der Waals surface area (Å²) in [6.45, 7) is 1.49. The molecule has 3 rings (SSSR count). The van der Waals surface area contributed by atoms with Crippen LogP contribution in [-0.2, 0) is 34.1 Å². The highest BCUT2D eigenvalue weighted by atomic mass is 16.6. The zero-order valence-electron chi connectivity index (χ0n) is 13.9. The van der Waals surface area contributed by atoms with E-state index in [1.807, 2.05) is 30.3 Å². The van der Waals surface area contributed by atoms with Gasteiger partial charge in [-0.2, -0.15) is 0 Å². The number of likely N-dealkylation sites (tertiary alicyclic amines) is 1. The Balaban J connectivity index is 1.42. The molecule has 1 fully saturated rings. The van der Waals surface area contributed by atoms with Crippen LogP contribution in [-0.4, -0.2) is 38.3 Å². The fourth-order valence-corrected chi connectivity index (χ4v) is 2.67. The summed E-state index contributed by atoms with van der Waals surface area (Å²) in [6, 6.07) is 9.56. The second-order valence-electron chi connectivity index (χ2n) is 5.98. The van der Waals surface area contributed by atoms with Gasteiger partial charge in [-0.1, -0.05) is 35.5 Å². The summed E-state index contributed by atoms with van der Waals surface area (Å²) in [5.41, 5.74) is 4.03. The first-order valence-corrected chi connectivity index (χ1v) is 8.32. The number of carbonyl (C=O) groups is 2. The van der Waals surface area contributed by atoms with Gasteiger partial charge in [0.05, 0.1) is 19.3 Å². The van der Waals surface area contributed by atoms with Crippen molar-refractivity contribution < 1.29 is 14.4 Å². The Morgan fingerprint density at radius 1 is 1.24 bits per heavy atom. The number of carbonyl (C=O) groups excluding carboxylic acids is 2. The minimum atomic E-state index is -0.318. The highest BCUT2D eigenvalue weighted by molar-refractivity contribution is 5.76. The highest BCUT2D eigenvalue weighted by Gasteiger charge is 2.19. The predicted octanol–water partition coefficient (Wildman–Crippen LogP) is 1.04. The maximum Gasteiger partial charge on any atom is 0.265 e. The molecule has 0 bridgehead atoms. The molecule has 0 unspecified atom stereocenters. The zero-order valence-corrected chi connectivity index (χ0v) is 13.9. The normalized spacial score (nSPS) is 14.6. The molecule has 132 valence electrons. The van der Waals surface area contributed by atoms with E-state index in [0.29, 0.717) is 25.3 Å². The van der Waals surface area contributed by atoms with Gasteiger partial charge in [0.1, 0.15) is 12.2 Å². The Bertz CT molecular complexity index is 716. The molecular formula is C17H21N5O3. The van der Waals surface area contributed by atoms with Crippen molar-refractivity contribution >= 4 is 11.8 Å². The Morgan fingerprint density at radius 3 is 2.88 bits per heavy atom. The molecule has 1 aromatic carbocycles. The molecule has 2 aromatic rings. The third kappa shape index (κ3) is 5.12. The molecule has 2 heterocycles. The van der Waals surface area contributed by atoms with Gasteiger partial charge >= 0.3 is 0 Å². The van der Waals surface area contributed by atoms with Gasteiger partial charge < -0.3 is 4.90 Å². The Morgan fingerprint density at radius 2 is 2.08 bits per heavy atom. The second kappa shape index (κ2) is 8.39. The number of hydroxylamine groups is 1. The quantitative estimate of drug-likeness (QED) is 0.759. The summed E-state index contributed by atoms with van der Waals surface area (Å²) in [7, 11) is 0. The van der Waals surface area contributed by atoms with Gasteiger partial charge in [0.15, 0.2) is 0 Å². The van der Waals surface area contributed by atoms with Gasteiger partial charge in [-0.25, -0.2) is 10.2 Å². The number of aromatic nitrogens is 3. The van der Waals surface area contributed by atoms with Crippen molar-refractivity contribution in [1.82, 2.24) is 25.4 Å². The van der Waals surface area contributed by atoms with Crippen LogP contribution in [0.2, 0.25) is 0 Å². The first-order chi connectivity index (χ1) is 12.2. The molecule has 1 saturated heterocycles. The van der Waals surface area contributed by atoms with E-state index in [9.17, 15) is 9.59 Å². The van der Waals surface area contributed by atoms with E-state index in [4.69, 9.17) is 4.84 Å². The minimum Gasteiger partial charge on any atom is -0.337 e. The van der Waals surface area contributed by atoms with Gasteiger partial charge in [-0.15, -0.1) is 5.10 Å². The van der Waals surface area contributed by atoms with Crippen LogP contribution in [0, 0.1) is 0 Å². The van der Waals surface area contributed by atoms with Crippen molar-refractivity contribution in [3.63, 3.8) is 0 Å². The minimum absolute atomic E-state index is 0.00966. The summed E-state index contributed by atoms with van der Waals surface area (Å²) >= 11 is 0. The topological polar surface area (TPSA) is 89.4 Å². The van der Waals surface area contributed by atoms with Crippen LogP contribution in [0.5, 0.6) is 0 Å². The third-order valence-electron chi connectivity index (χ3n) is 3.93. The van der Waals surface area contributed by atoms with Gasteiger partial charge in [-0.3, -0.25) is 14.4 Å². The summed E-state index contributed by atoms with van der Waals surface area (Å²) in [4.78, 5) is 30.6. The molecule has 0 saturated carbocycles. The first kappa shape index (κ1) is 17.1. The van der Waals surface area contributed by atoms with Crippen LogP contribution in [0.4, 0.5) is 0 Å². The molecular weight excluding hydrogens is 322 g/mol. The van der Waals surface area contributed by atoms with Crippen LogP contribution >= 0.6 is 0 Å². The SMILES string of the molecule is O=C(Cn1cc(CN2CCCCC2=O)nn1)NOCc1ccccc1. The molecule has 0 atom stereocenters. The number of hydrogen-bond donors (Lipinski definition) is 1. The van der Waals surface area contributed by atoms with Gasteiger partial charge in [0, 0.05) is 13.0 Å². The van der Waals surface area contributed by atoms with Crippen LogP contribution < -0.4 is 5.48 Å². The Kier molecular flexibility index (Phi) is 5.73. The smallest absolute Gasteiger partial charge is 0.265 e. The van der Waals surface area contributed by atoms with Gasteiger partial charge in [0.2, 0.25) is 5.91 Å². The van der Waals surface area contributed by atoms with E-state index in [1.54, 1.807) is 11.1 Å². The maximum atomic E-state index is 11.9. The fourth-order valence-electron chi connectivity index (χ4n) is 2.67. The van der Waals surface area contributed by atoms with Crippen LogP contribution in [0.3, 0.4) is 0 Å². The summed E-state index contributed by atoms with van der Waals surface area (Å²) < 4.78 is 1.44. The molecule has 8 nitrogen and oxygen atoms in total.